The number of hydrogen-bond acceptors (Lipinski definition) is 4. The van der Waals surface area contributed by atoms with E-state index in [0.29, 0.717) is 5.17 Å². The molecule has 2 aliphatic heterocycles. The highest BCUT2D eigenvalue weighted by atomic mass is 32.2. The quantitative estimate of drug-likeness (QED) is 0.543. The molecule has 3 atom stereocenters. The van der Waals surface area contributed by atoms with Gasteiger partial charge in [0.25, 0.3) is 0 Å². The summed E-state index contributed by atoms with van der Waals surface area (Å²) in [5.41, 5.74) is 0. The number of likely N-dealkylation sites (N-methyl/N-ethyl adjacent to an activating group) is 1. The molecule has 17 heavy (non-hydrogen) atoms. The van der Waals surface area contributed by atoms with Crippen molar-refractivity contribution < 1.29 is 18.2 Å². The Morgan fingerprint density at radius 2 is 2.35 bits per heavy atom. The average molecular weight is 255 g/mol. The van der Waals surface area contributed by atoms with Gasteiger partial charge in [-0.2, -0.15) is 4.99 Å². The average Bonchev–Trinajstić information content (AvgIpc) is 2.55. The second kappa shape index (κ2) is 4.19. The van der Waals surface area contributed by atoms with Gasteiger partial charge in [0.15, 0.2) is 15.7 Å². The molecule has 0 aromatic rings. The summed E-state index contributed by atoms with van der Waals surface area (Å²) in [5, 5.41) is 0.489. The van der Waals surface area contributed by atoms with Crippen LogP contribution in [-0.2, 0) is 20.3 Å². The zero-order chi connectivity index (χ0) is 12.6. The third-order valence-electron chi connectivity index (χ3n) is 3.04. The van der Waals surface area contributed by atoms with Gasteiger partial charge in [-0.3, -0.25) is 0 Å². The molecule has 6 heteroatoms. The lowest BCUT2D eigenvalue weighted by molar-refractivity contribution is -0.780. The number of quaternary nitrogens is 1. The maximum Gasteiger partial charge on any atom is 0.353 e. The first-order valence-corrected chi connectivity index (χ1v) is 6.58. The van der Waals surface area contributed by atoms with Crippen molar-refractivity contribution in [3.05, 3.63) is 23.4 Å². The normalized spacial score (nSPS) is 35.0. The molecule has 0 saturated carbocycles. The summed E-state index contributed by atoms with van der Waals surface area (Å²) in [6.07, 6.45) is 5.24. The Labute approximate surface area is 103 Å². The van der Waals surface area contributed by atoms with Crippen molar-refractivity contribution in [3.8, 4) is 0 Å². The number of ether oxygens (including phenoxy) is 1. The van der Waals surface area contributed by atoms with E-state index < -0.39 is 16.8 Å². The zero-order valence-electron chi connectivity index (χ0n) is 10.0. The van der Waals surface area contributed by atoms with Gasteiger partial charge in [0.05, 0.1) is 13.7 Å². The first kappa shape index (κ1) is 12.2. The molecule has 0 spiro atoms. The van der Waals surface area contributed by atoms with Crippen molar-refractivity contribution in [3.63, 3.8) is 0 Å². The van der Waals surface area contributed by atoms with Crippen LogP contribution in [0, 0.1) is 0 Å². The number of carbonyl (C=O) groups is 1. The lowest BCUT2D eigenvalue weighted by Gasteiger charge is -2.31. The van der Waals surface area contributed by atoms with Crippen molar-refractivity contribution in [2.45, 2.75) is 19.9 Å². The fourth-order valence-corrected chi connectivity index (χ4v) is 3.28. The third kappa shape index (κ3) is 1.77. The number of nitrogens with zero attached hydrogens (tertiary/aromatic N) is 2. The molecule has 2 rings (SSSR count). The molecule has 5 nitrogen and oxygen atoms in total. The highest BCUT2D eigenvalue weighted by Crippen LogP contribution is 2.31. The molecule has 0 N–H and O–H groups in total. The summed E-state index contributed by atoms with van der Waals surface area (Å²) >= 11 is 0. The van der Waals surface area contributed by atoms with Crippen molar-refractivity contribution in [2.24, 2.45) is 4.99 Å². The van der Waals surface area contributed by atoms with E-state index in [-0.39, 0.29) is 22.0 Å². The molecule has 0 radical (unpaired) electrons. The van der Waals surface area contributed by atoms with Crippen LogP contribution < -0.4 is 0 Å². The van der Waals surface area contributed by atoms with E-state index in [0.717, 1.165) is 0 Å². The van der Waals surface area contributed by atoms with Gasteiger partial charge < -0.3 is 4.74 Å². The summed E-state index contributed by atoms with van der Waals surface area (Å²) in [5.74, 6) is -0.519. The predicted octanol–water partition coefficient (Wildman–Crippen LogP) is 0.872. The number of amidine groups is 1. The molecule has 92 valence electrons. The molecule has 0 aliphatic carbocycles. The smallest absolute Gasteiger partial charge is 0.353 e. The summed E-state index contributed by atoms with van der Waals surface area (Å²) < 4.78 is 17.4. The fourth-order valence-electron chi connectivity index (χ4n) is 1.83. The summed E-state index contributed by atoms with van der Waals surface area (Å²) in [6, 6.07) is 0.110. The lowest BCUT2D eigenvalue weighted by atomic mass is 10.2. The van der Waals surface area contributed by atoms with Gasteiger partial charge in [-0.15, -0.1) is 0 Å². The number of rotatable bonds is 2. The SMILES string of the molecule is CCOC(=O)C1=C[N+]2(C)C(=NC=CC2C)S1=O. The molecule has 3 unspecified atom stereocenters. The maximum absolute atomic E-state index is 12.2. The molecule has 0 bridgehead atoms. The van der Waals surface area contributed by atoms with E-state index in [4.69, 9.17) is 4.74 Å². The molecule has 0 aromatic heterocycles. The first-order valence-electron chi connectivity index (χ1n) is 5.43. The molecule has 0 aromatic carbocycles. The Hall–Kier alpha value is -1.27. The minimum Gasteiger partial charge on any atom is -0.462 e. The van der Waals surface area contributed by atoms with Gasteiger partial charge in [-0.1, -0.05) is 0 Å². The zero-order valence-corrected chi connectivity index (χ0v) is 10.9. The number of fused-ring (bicyclic) bond motifs is 1. The molecule has 2 heterocycles. The van der Waals surface area contributed by atoms with Gasteiger partial charge in [0.2, 0.25) is 0 Å². The minimum absolute atomic E-state index is 0.110. The third-order valence-corrected chi connectivity index (χ3v) is 4.54. The molecule has 0 fully saturated rings. The molecule has 0 amide bonds. The second-order valence-electron chi connectivity index (χ2n) is 4.12. The second-order valence-corrected chi connectivity index (χ2v) is 5.47. The Kier molecular flexibility index (Phi) is 3.01. The van der Waals surface area contributed by atoms with Crippen LogP contribution in [0.1, 0.15) is 13.8 Å². The van der Waals surface area contributed by atoms with Crippen LogP contribution in [0.5, 0.6) is 0 Å². The van der Waals surface area contributed by atoms with E-state index in [1.807, 2.05) is 20.0 Å². The van der Waals surface area contributed by atoms with Crippen LogP contribution in [0.4, 0.5) is 0 Å². The van der Waals surface area contributed by atoms with E-state index in [1.54, 1.807) is 19.3 Å². The van der Waals surface area contributed by atoms with Crippen molar-refractivity contribution in [1.82, 2.24) is 0 Å². The number of carbonyl (C=O) groups excluding carboxylic acids is 1. The van der Waals surface area contributed by atoms with E-state index in [9.17, 15) is 9.00 Å². The van der Waals surface area contributed by atoms with Crippen LogP contribution in [0.15, 0.2) is 28.4 Å². The molecule has 2 aliphatic rings. The maximum atomic E-state index is 12.2. The van der Waals surface area contributed by atoms with Crippen LogP contribution in [0.3, 0.4) is 0 Å². The Morgan fingerprint density at radius 1 is 1.65 bits per heavy atom. The summed E-state index contributed by atoms with van der Waals surface area (Å²) in [7, 11) is 0.375. The predicted molar refractivity (Wildman–Crippen MR) is 65.1 cm³/mol. The summed E-state index contributed by atoms with van der Waals surface area (Å²) in [6.45, 7) is 3.99. The first-order chi connectivity index (χ1) is 8.00. The Morgan fingerprint density at radius 3 is 2.94 bits per heavy atom. The van der Waals surface area contributed by atoms with Gasteiger partial charge in [-0.25, -0.2) is 13.5 Å². The molecular weight excluding hydrogens is 240 g/mol. The standard InChI is InChI=1S/C11H15N2O3S/c1-4-16-10(14)9-7-13(3)8(2)5-6-12-11(13)17(9)15/h5-8H,4H2,1-3H3/q+1. The largest absolute Gasteiger partial charge is 0.462 e. The Bertz CT molecular complexity index is 481. The van der Waals surface area contributed by atoms with Crippen LogP contribution in [0.25, 0.3) is 0 Å². The van der Waals surface area contributed by atoms with Gasteiger partial charge >= 0.3 is 11.1 Å². The number of hydrogen-bond donors (Lipinski definition) is 0. The van der Waals surface area contributed by atoms with E-state index >= 15 is 0 Å². The van der Waals surface area contributed by atoms with E-state index in [1.165, 1.54) is 0 Å². The number of esters is 1. The van der Waals surface area contributed by atoms with E-state index in [2.05, 4.69) is 4.99 Å². The Balaban J connectivity index is 2.41. The number of aliphatic imine (C=N–C) groups is 1. The topological polar surface area (TPSA) is 55.7 Å². The molecule has 0 saturated heterocycles. The lowest BCUT2D eigenvalue weighted by Crippen LogP contribution is -2.49. The van der Waals surface area contributed by atoms with Gasteiger partial charge in [-0.05, 0) is 19.9 Å². The van der Waals surface area contributed by atoms with Crippen molar-refractivity contribution >= 4 is 21.9 Å². The highest BCUT2D eigenvalue weighted by molar-refractivity contribution is 8.04. The minimum atomic E-state index is -1.51. The van der Waals surface area contributed by atoms with Crippen LogP contribution in [-0.4, -0.2) is 39.5 Å². The fraction of sp³-hybridized carbons (Fsp3) is 0.455. The van der Waals surface area contributed by atoms with Crippen LogP contribution >= 0.6 is 0 Å². The summed E-state index contributed by atoms with van der Waals surface area (Å²) in [4.78, 5) is 16.0. The van der Waals surface area contributed by atoms with Gasteiger partial charge in [0.1, 0.15) is 12.2 Å². The monoisotopic (exact) mass is 255 g/mol. The van der Waals surface area contributed by atoms with Crippen molar-refractivity contribution in [1.29, 1.82) is 0 Å². The molecular formula is C11H15N2O3S+. The van der Waals surface area contributed by atoms with Crippen LogP contribution in [0.2, 0.25) is 0 Å². The van der Waals surface area contributed by atoms with Gasteiger partial charge in [0, 0.05) is 6.20 Å². The highest BCUT2D eigenvalue weighted by Gasteiger charge is 2.49. The van der Waals surface area contributed by atoms with Crippen molar-refractivity contribution in [2.75, 3.05) is 13.7 Å².